The van der Waals surface area contributed by atoms with Gasteiger partial charge in [-0.1, -0.05) is 60.4 Å². The van der Waals surface area contributed by atoms with Crippen molar-refractivity contribution in [2.75, 3.05) is 6.61 Å². The quantitative estimate of drug-likeness (QED) is 0.312. The van der Waals surface area contributed by atoms with Crippen molar-refractivity contribution >= 4 is 0 Å². The van der Waals surface area contributed by atoms with Gasteiger partial charge in [0.1, 0.15) is 18.9 Å². The molecular weight excluding hydrogens is 453 g/mol. The summed E-state index contributed by atoms with van der Waals surface area (Å²) in [6.45, 7) is 2.24. The first-order chi connectivity index (χ1) is 16.9. The zero-order valence-corrected chi connectivity index (χ0v) is 18.8. The fourth-order valence-electron chi connectivity index (χ4n) is 2.88. The number of hydrogen-bond acceptors (Lipinski definition) is 4. The predicted octanol–water partition coefficient (Wildman–Crippen LogP) is 5.99. The van der Waals surface area contributed by atoms with Gasteiger partial charge in [-0.05, 0) is 48.3 Å². The number of nitrogens with zero attached hydrogens (tertiary/aromatic N) is 2. The van der Waals surface area contributed by atoms with Crippen LogP contribution in [0.3, 0.4) is 0 Å². The summed E-state index contributed by atoms with van der Waals surface area (Å²) in [6.07, 6.45) is 6.14. The largest absolute Gasteiger partial charge is 0.483 e. The highest BCUT2D eigenvalue weighted by atomic mass is 19.4. The molecule has 0 aliphatic carbocycles. The Bertz CT molecular complexity index is 1310. The number of allylic oxidation sites excluding steroid dienone is 2. The van der Waals surface area contributed by atoms with Crippen LogP contribution in [0.2, 0.25) is 0 Å². The third-order valence-corrected chi connectivity index (χ3v) is 4.51. The molecule has 7 heteroatoms. The maximum atomic E-state index is 13.0. The van der Waals surface area contributed by atoms with Gasteiger partial charge in [-0.2, -0.15) is 13.2 Å². The number of alkyl halides is 3. The maximum absolute atomic E-state index is 13.0. The number of aromatic nitrogens is 2. The van der Waals surface area contributed by atoms with Gasteiger partial charge in [0.15, 0.2) is 5.75 Å². The van der Waals surface area contributed by atoms with Gasteiger partial charge in [-0.15, -0.1) is 16.6 Å². The Balaban J connectivity index is 1.87. The molecule has 2 aromatic carbocycles. The normalized spacial score (nSPS) is 11.5. The Kier molecular flexibility index (Phi) is 8.70. The second kappa shape index (κ2) is 12.1. The molecule has 1 aromatic heterocycles. The molecule has 1 heterocycles. The van der Waals surface area contributed by atoms with Crippen LogP contribution in [0.4, 0.5) is 13.2 Å². The van der Waals surface area contributed by atoms with Crippen molar-refractivity contribution in [3.8, 4) is 35.8 Å². The van der Waals surface area contributed by atoms with Gasteiger partial charge < -0.3 is 9.47 Å². The molecule has 4 nitrogen and oxygen atoms in total. The van der Waals surface area contributed by atoms with Crippen LogP contribution in [0.25, 0.3) is 0 Å². The molecule has 0 fully saturated rings. The molecule has 176 valence electrons. The van der Waals surface area contributed by atoms with Crippen molar-refractivity contribution < 1.29 is 22.6 Å². The Morgan fingerprint density at radius 3 is 2.51 bits per heavy atom. The second-order valence-corrected chi connectivity index (χ2v) is 7.18. The topological polar surface area (TPSA) is 44.2 Å². The Morgan fingerprint density at radius 1 is 1.00 bits per heavy atom. The van der Waals surface area contributed by atoms with Crippen molar-refractivity contribution in [1.82, 2.24) is 10.2 Å². The lowest BCUT2D eigenvalue weighted by Crippen LogP contribution is -2.06. The van der Waals surface area contributed by atoms with E-state index in [-0.39, 0.29) is 36.1 Å². The van der Waals surface area contributed by atoms with E-state index in [4.69, 9.17) is 15.9 Å². The molecule has 3 rings (SSSR count). The Labute approximate surface area is 202 Å². The molecule has 0 unspecified atom stereocenters. The first kappa shape index (κ1) is 25.1. The van der Waals surface area contributed by atoms with Crippen molar-refractivity contribution in [2.24, 2.45) is 0 Å². The molecule has 0 atom stereocenters. The van der Waals surface area contributed by atoms with Crippen LogP contribution in [0.15, 0.2) is 84.5 Å². The van der Waals surface area contributed by atoms with E-state index in [1.165, 1.54) is 18.2 Å². The summed E-state index contributed by atoms with van der Waals surface area (Å²) in [7, 11) is 0. The number of ether oxygens (including phenoxy) is 2. The summed E-state index contributed by atoms with van der Waals surface area (Å²) in [4.78, 5) is 0. The first-order valence-electron chi connectivity index (χ1n) is 10.5. The Morgan fingerprint density at radius 2 is 1.80 bits per heavy atom. The average molecular weight is 474 g/mol. The van der Waals surface area contributed by atoms with Crippen LogP contribution < -0.4 is 9.47 Å². The summed E-state index contributed by atoms with van der Waals surface area (Å²) < 4.78 is 50.6. The van der Waals surface area contributed by atoms with Gasteiger partial charge in [0.2, 0.25) is 0 Å². The van der Waals surface area contributed by atoms with Crippen LogP contribution >= 0.6 is 0 Å². The van der Waals surface area contributed by atoms with Crippen LogP contribution in [0.5, 0.6) is 11.6 Å². The molecule has 0 saturated heterocycles. The predicted molar refractivity (Wildman–Crippen MR) is 127 cm³/mol. The third-order valence-electron chi connectivity index (χ3n) is 4.51. The highest BCUT2D eigenvalue weighted by Crippen LogP contribution is 2.29. The van der Waals surface area contributed by atoms with Gasteiger partial charge in [0, 0.05) is 11.6 Å². The van der Waals surface area contributed by atoms with Gasteiger partial charge in [-0.25, -0.2) is 0 Å². The van der Waals surface area contributed by atoms with Gasteiger partial charge in [0.05, 0.1) is 5.56 Å². The SMILES string of the molecule is C#CC=C(C=CC)COc1cc(C#Cc2cccc(C(F)(F)F)c2)nnc1OCc1ccccc1. The summed E-state index contributed by atoms with van der Waals surface area (Å²) >= 11 is 0. The fraction of sp³-hybridized carbons (Fsp3) is 0.143. The molecule has 0 aliphatic heterocycles. The minimum absolute atomic E-state index is 0.141. The maximum Gasteiger partial charge on any atom is 0.416 e. The number of benzene rings is 2. The molecule has 0 saturated carbocycles. The lowest BCUT2D eigenvalue weighted by molar-refractivity contribution is -0.137. The minimum atomic E-state index is -4.45. The van der Waals surface area contributed by atoms with E-state index in [9.17, 15) is 13.2 Å². The monoisotopic (exact) mass is 474 g/mol. The molecule has 0 aliphatic rings. The standard InChI is InChI=1S/C28H21F3N2O2/c1-3-9-22(10-4-2)19-34-26-18-25(16-15-21-13-8-14-24(17-21)28(29,30)31)32-33-27(26)35-20-23-11-6-5-7-12-23/h1,4-14,17-18H,19-20H2,2H3. The van der Waals surface area contributed by atoms with E-state index in [0.29, 0.717) is 0 Å². The summed E-state index contributed by atoms with van der Waals surface area (Å²) in [6, 6.07) is 15.8. The van der Waals surface area contributed by atoms with Crippen LogP contribution in [-0.4, -0.2) is 16.8 Å². The lowest BCUT2D eigenvalue weighted by atomic mass is 10.1. The molecule has 0 bridgehead atoms. The number of rotatable bonds is 7. The molecule has 0 N–H and O–H groups in total. The number of terminal acetylenes is 1. The zero-order chi connectivity index (χ0) is 25.1. The van der Waals surface area contributed by atoms with E-state index < -0.39 is 11.7 Å². The van der Waals surface area contributed by atoms with Crippen molar-refractivity contribution in [3.05, 3.63) is 107 Å². The van der Waals surface area contributed by atoms with Crippen molar-refractivity contribution in [3.63, 3.8) is 0 Å². The summed E-state index contributed by atoms with van der Waals surface area (Å²) in [5, 5.41) is 8.10. The van der Waals surface area contributed by atoms with Crippen LogP contribution in [0.1, 0.15) is 29.3 Å². The number of hydrogen-bond donors (Lipinski definition) is 0. The number of halogens is 3. The third kappa shape index (κ3) is 7.80. The highest BCUT2D eigenvalue weighted by molar-refractivity contribution is 5.45. The molecule has 35 heavy (non-hydrogen) atoms. The highest BCUT2D eigenvalue weighted by Gasteiger charge is 2.30. The lowest BCUT2D eigenvalue weighted by Gasteiger charge is -2.12. The molecular formula is C28H21F3N2O2. The minimum Gasteiger partial charge on any atom is -0.483 e. The van der Waals surface area contributed by atoms with Crippen LogP contribution in [0, 0.1) is 24.2 Å². The molecule has 0 spiro atoms. The van der Waals surface area contributed by atoms with E-state index >= 15 is 0 Å². The second-order valence-electron chi connectivity index (χ2n) is 7.18. The summed E-state index contributed by atoms with van der Waals surface area (Å²) in [5.41, 5.74) is 1.30. The molecule has 0 radical (unpaired) electrons. The van der Waals surface area contributed by atoms with E-state index in [1.807, 2.05) is 49.4 Å². The Hall–Kier alpha value is -4.49. The van der Waals surface area contributed by atoms with E-state index in [1.54, 1.807) is 6.08 Å². The van der Waals surface area contributed by atoms with Crippen molar-refractivity contribution in [2.45, 2.75) is 19.7 Å². The average Bonchev–Trinajstić information content (AvgIpc) is 2.86. The molecule has 0 amide bonds. The molecule has 3 aromatic rings. The van der Waals surface area contributed by atoms with Gasteiger partial charge >= 0.3 is 6.18 Å². The van der Waals surface area contributed by atoms with Gasteiger partial charge in [0.25, 0.3) is 5.88 Å². The van der Waals surface area contributed by atoms with E-state index in [0.717, 1.165) is 23.3 Å². The van der Waals surface area contributed by atoms with Crippen molar-refractivity contribution in [1.29, 1.82) is 0 Å². The van der Waals surface area contributed by atoms with E-state index in [2.05, 4.69) is 28.0 Å². The smallest absolute Gasteiger partial charge is 0.416 e. The van der Waals surface area contributed by atoms with Gasteiger partial charge in [-0.3, -0.25) is 0 Å². The fourth-order valence-corrected chi connectivity index (χ4v) is 2.88. The van der Waals surface area contributed by atoms with Crippen LogP contribution in [-0.2, 0) is 12.8 Å². The first-order valence-corrected chi connectivity index (χ1v) is 10.5. The zero-order valence-electron chi connectivity index (χ0n) is 18.8. The summed E-state index contributed by atoms with van der Waals surface area (Å²) in [5.74, 6) is 8.30.